The second-order valence-corrected chi connectivity index (χ2v) is 8.27. The van der Waals surface area contributed by atoms with E-state index in [0.29, 0.717) is 24.5 Å². The van der Waals surface area contributed by atoms with Crippen molar-refractivity contribution in [2.24, 2.45) is 0 Å². The van der Waals surface area contributed by atoms with Crippen molar-refractivity contribution < 1.29 is 8.42 Å². The zero-order chi connectivity index (χ0) is 15.3. The van der Waals surface area contributed by atoms with Gasteiger partial charge < -0.3 is 9.88 Å². The van der Waals surface area contributed by atoms with Gasteiger partial charge in [0, 0.05) is 43.8 Å². The molecule has 1 saturated heterocycles. The lowest BCUT2D eigenvalue weighted by Crippen LogP contribution is -2.32. The molecular formula is C14H25N3O2S2. The quantitative estimate of drug-likeness (QED) is 0.863. The molecule has 1 aromatic rings. The fourth-order valence-electron chi connectivity index (χ4n) is 2.47. The van der Waals surface area contributed by atoms with Gasteiger partial charge in [-0.15, -0.1) is 0 Å². The predicted octanol–water partition coefficient (Wildman–Crippen LogP) is 1.75. The number of rotatable bonds is 6. The summed E-state index contributed by atoms with van der Waals surface area (Å²) in [6.07, 6.45) is 2.71. The zero-order valence-corrected chi connectivity index (χ0v) is 14.5. The van der Waals surface area contributed by atoms with Crippen LogP contribution in [-0.4, -0.2) is 48.4 Å². The first-order chi connectivity index (χ1) is 10.1. The minimum atomic E-state index is -3.35. The molecule has 21 heavy (non-hydrogen) atoms. The number of nitrogens with one attached hydrogen (secondary N) is 1. The highest BCUT2D eigenvalue weighted by atomic mass is 32.2. The van der Waals surface area contributed by atoms with Crippen LogP contribution in [0.1, 0.15) is 26.0 Å². The standard InChI is InChI=1S/C14H25N3O2S2/c1-3-15-11-13-10-14(12-16(13)4-2)21(18,19)17-6-5-8-20-9-7-17/h10,12,15H,3-9,11H2,1-2H3. The summed E-state index contributed by atoms with van der Waals surface area (Å²) in [6.45, 7) is 7.70. The Labute approximate surface area is 132 Å². The Bertz CT molecular complexity index is 547. The fraction of sp³-hybridized carbons (Fsp3) is 0.714. The summed E-state index contributed by atoms with van der Waals surface area (Å²) in [4.78, 5) is 0.434. The molecule has 1 N–H and O–H groups in total. The van der Waals surface area contributed by atoms with E-state index in [1.165, 1.54) is 0 Å². The molecule has 0 unspecified atom stereocenters. The Hall–Kier alpha value is -0.500. The molecule has 0 amide bonds. The average Bonchev–Trinajstić information content (AvgIpc) is 2.70. The molecule has 2 rings (SSSR count). The monoisotopic (exact) mass is 331 g/mol. The maximum Gasteiger partial charge on any atom is 0.244 e. The van der Waals surface area contributed by atoms with Gasteiger partial charge >= 0.3 is 0 Å². The van der Waals surface area contributed by atoms with Crippen LogP contribution in [-0.2, 0) is 23.1 Å². The van der Waals surface area contributed by atoms with Crippen LogP contribution in [0.3, 0.4) is 0 Å². The van der Waals surface area contributed by atoms with E-state index < -0.39 is 10.0 Å². The zero-order valence-electron chi connectivity index (χ0n) is 12.8. The maximum atomic E-state index is 12.8. The summed E-state index contributed by atoms with van der Waals surface area (Å²) < 4.78 is 29.2. The lowest BCUT2D eigenvalue weighted by Gasteiger charge is -2.18. The van der Waals surface area contributed by atoms with Gasteiger partial charge in [-0.05, 0) is 31.7 Å². The van der Waals surface area contributed by atoms with Crippen molar-refractivity contribution in [3.8, 4) is 0 Å². The fourth-order valence-corrected chi connectivity index (χ4v) is 5.02. The van der Waals surface area contributed by atoms with Crippen molar-refractivity contribution in [2.45, 2.75) is 38.3 Å². The molecule has 0 bridgehead atoms. The lowest BCUT2D eigenvalue weighted by molar-refractivity contribution is 0.435. The van der Waals surface area contributed by atoms with Crippen molar-refractivity contribution in [1.82, 2.24) is 14.2 Å². The lowest BCUT2D eigenvalue weighted by atomic mass is 10.4. The van der Waals surface area contributed by atoms with E-state index >= 15 is 0 Å². The van der Waals surface area contributed by atoms with Crippen molar-refractivity contribution >= 4 is 21.8 Å². The molecule has 7 heteroatoms. The highest BCUT2D eigenvalue weighted by molar-refractivity contribution is 7.99. The first-order valence-corrected chi connectivity index (χ1v) is 10.2. The molecule has 1 aliphatic heterocycles. The third-order valence-corrected chi connectivity index (χ3v) is 6.59. The molecule has 0 radical (unpaired) electrons. The van der Waals surface area contributed by atoms with Gasteiger partial charge in [0.1, 0.15) is 4.90 Å². The van der Waals surface area contributed by atoms with E-state index in [2.05, 4.69) is 5.32 Å². The van der Waals surface area contributed by atoms with Crippen LogP contribution in [0.4, 0.5) is 0 Å². The van der Waals surface area contributed by atoms with Crippen molar-refractivity contribution in [3.63, 3.8) is 0 Å². The summed E-state index contributed by atoms with van der Waals surface area (Å²) in [6, 6.07) is 1.82. The molecule has 120 valence electrons. The van der Waals surface area contributed by atoms with Crippen LogP contribution < -0.4 is 5.32 Å². The molecule has 1 aliphatic rings. The van der Waals surface area contributed by atoms with E-state index in [-0.39, 0.29) is 0 Å². The molecular weight excluding hydrogens is 306 g/mol. The number of nitrogens with zero attached hydrogens (tertiary/aromatic N) is 2. The highest BCUT2D eigenvalue weighted by Crippen LogP contribution is 2.22. The predicted molar refractivity (Wildman–Crippen MR) is 88.2 cm³/mol. The van der Waals surface area contributed by atoms with Gasteiger partial charge in [-0.1, -0.05) is 6.92 Å². The van der Waals surface area contributed by atoms with E-state index in [1.807, 2.05) is 36.2 Å². The smallest absolute Gasteiger partial charge is 0.244 e. The van der Waals surface area contributed by atoms with Gasteiger partial charge in [0.25, 0.3) is 0 Å². The summed E-state index contributed by atoms with van der Waals surface area (Å²) in [5.41, 5.74) is 1.03. The van der Waals surface area contributed by atoms with Crippen LogP contribution in [0, 0.1) is 0 Å². The van der Waals surface area contributed by atoms with Crippen LogP contribution in [0.25, 0.3) is 0 Å². The van der Waals surface area contributed by atoms with Crippen LogP contribution in [0.5, 0.6) is 0 Å². The Morgan fingerprint density at radius 1 is 1.29 bits per heavy atom. The van der Waals surface area contributed by atoms with Crippen LogP contribution in [0.15, 0.2) is 17.2 Å². The molecule has 1 aromatic heterocycles. The van der Waals surface area contributed by atoms with E-state index in [1.54, 1.807) is 10.5 Å². The summed E-state index contributed by atoms with van der Waals surface area (Å²) >= 11 is 1.83. The third-order valence-electron chi connectivity index (χ3n) is 3.68. The van der Waals surface area contributed by atoms with Crippen molar-refractivity contribution in [3.05, 3.63) is 18.0 Å². The van der Waals surface area contributed by atoms with Crippen LogP contribution in [0.2, 0.25) is 0 Å². The average molecular weight is 332 g/mol. The van der Waals surface area contributed by atoms with Gasteiger partial charge in [0.2, 0.25) is 10.0 Å². The SMILES string of the molecule is CCNCc1cc(S(=O)(=O)N2CCCSCC2)cn1CC. The number of aromatic nitrogens is 1. The second kappa shape index (κ2) is 7.67. The Balaban J connectivity index is 2.24. The Morgan fingerprint density at radius 3 is 2.81 bits per heavy atom. The van der Waals surface area contributed by atoms with E-state index in [4.69, 9.17) is 0 Å². The first-order valence-electron chi connectivity index (χ1n) is 7.57. The van der Waals surface area contributed by atoms with Crippen molar-refractivity contribution in [1.29, 1.82) is 0 Å². The second-order valence-electron chi connectivity index (χ2n) is 5.10. The van der Waals surface area contributed by atoms with Gasteiger partial charge in [-0.3, -0.25) is 0 Å². The normalized spacial score (nSPS) is 17.8. The first kappa shape index (κ1) is 16.9. The number of thioether (sulfide) groups is 1. The topological polar surface area (TPSA) is 54.3 Å². The molecule has 0 spiro atoms. The highest BCUT2D eigenvalue weighted by Gasteiger charge is 2.27. The van der Waals surface area contributed by atoms with Gasteiger partial charge in [0.05, 0.1) is 0 Å². The summed E-state index contributed by atoms with van der Waals surface area (Å²) in [5, 5.41) is 3.26. The van der Waals surface area contributed by atoms with Gasteiger partial charge in [-0.25, -0.2) is 8.42 Å². The van der Waals surface area contributed by atoms with Gasteiger partial charge in [0.15, 0.2) is 0 Å². The Morgan fingerprint density at radius 2 is 2.10 bits per heavy atom. The maximum absolute atomic E-state index is 12.8. The molecule has 5 nitrogen and oxygen atoms in total. The largest absolute Gasteiger partial charge is 0.349 e. The number of aryl methyl sites for hydroxylation is 1. The minimum Gasteiger partial charge on any atom is -0.349 e. The molecule has 0 aromatic carbocycles. The molecule has 1 fully saturated rings. The molecule has 2 heterocycles. The van der Waals surface area contributed by atoms with Crippen LogP contribution >= 0.6 is 11.8 Å². The number of hydrogen-bond donors (Lipinski definition) is 1. The molecule has 0 saturated carbocycles. The Kier molecular flexibility index (Phi) is 6.16. The van der Waals surface area contributed by atoms with E-state index in [9.17, 15) is 8.42 Å². The number of hydrogen-bond acceptors (Lipinski definition) is 4. The minimum absolute atomic E-state index is 0.434. The van der Waals surface area contributed by atoms with Crippen molar-refractivity contribution in [2.75, 3.05) is 31.1 Å². The molecule has 0 aliphatic carbocycles. The summed E-state index contributed by atoms with van der Waals surface area (Å²) in [7, 11) is -3.35. The molecule has 0 atom stereocenters. The summed E-state index contributed by atoms with van der Waals surface area (Å²) in [5.74, 6) is 1.94. The van der Waals surface area contributed by atoms with Gasteiger partial charge in [-0.2, -0.15) is 16.1 Å². The number of sulfonamides is 1. The van der Waals surface area contributed by atoms with E-state index in [0.717, 1.165) is 36.7 Å². The third kappa shape index (κ3) is 4.03.